The number of primary amides is 1. The number of para-hydroxylation sites is 2. The van der Waals surface area contributed by atoms with E-state index < -0.39 is 168 Å². The van der Waals surface area contributed by atoms with Gasteiger partial charge < -0.3 is 99.6 Å². The maximum Gasteiger partial charge on any atom is 0.326 e. The SMILES string of the molecule is CCCC[C@H](NC(=O)[C@@H]1CCCN1C(=O)[C@H](CS)NC(=O)[C@@H](C)NC(=O)[C@@H]1CCCN1C(=O)[C@H](CS)NC(=O)[C@H](CC(C)C)NC(=O)[C@H](CCC(N)=O)NC(=O)[C@H](CC(C)C)NC(=O)[C@H](Cc1c[nH]c2ccccc12)NC(=O)[C@H](Cc1cnc[nH]1)NC(=O)[C@@H](N)Cc1c[nH]c2ccccc12)C(=O)N[C@@H](Cc1ccc(O)cc1)C(=O)O. The number of aliphatic carboxylic acids is 1. The van der Waals surface area contributed by atoms with Crippen molar-refractivity contribution in [2.75, 3.05) is 24.6 Å². The first-order valence-electron chi connectivity index (χ1n) is 38.8. The van der Waals surface area contributed by atoms with Crippen LogP contribution in [0.25, 0.3) is 21.8 Å². The number of fused-ring (bicyclic) bond motifs is 2. The molecule has 3 aromatic heterocycles. The average molecular weight is 1630 g/mol. The number of aromatic amines is 3. The standard InChI is InChI=1S/C79H108N18O16S2/c1-7-8-17-55(69(102)93-61(79(112)113)32-45-22-24-49(98)25-23-45)88-76(109)65-21-14-29-97(65)77(110)62(39-114)94-67(100)44(6)86-75(108)64-20-13-28-96(64)78(111)63(40-115)95-72(105)58(31-43(4)5)90-70(103)56(26-27-66(81)99)87-71(104)57(30-42(2)3)91-73(106)59(34-47-37-84-54-19-12-10-16-51(47)54)92-74(107)60(35-48-38-82-41-85-48)89-68(101)52(80)33-46-36-83-53-18-11-9-15-50(46)53/h9-12,15-16,18-19,22-25,36-38,41-44,52,55-65,83-84,98,114-115H,7-8,13-14,17,20-21,26-35,39-40,80H2,1-6H3,(H2,81,99)(H,82,85)(H,86,108)(H,87,104)(H,88,109)(H,89,101)(H,90,103)(H,91,106)(H,92,107)(H,93,102)(H,94,100)(H,95,105)(H,112,113)/t44-,52+,55+,56+,57+,58+,59+,60+,61+,62+,63+,64+,65+/m1/s1. The zero-order valence-electron chi connectivity index (χ0n) is 65.3. The van der Waals surface area contributed by atoms with E-state index in [2.05, 4.69) is 98.4 Å². The Morgan fingerprint density at radius 2 is 0.957 bits per heavy atom. The number of H-pyrrole nitrogens is 3. The van der Waals surface area contributed by atoms with Crippen molar-refractivity contribution in [3.05, 3.63) is 120 Å². The van der Waals surface area contributed by atoms with Crippen molar-refractivity contribution in [3.8, 4) is 5.75 Å². The first kappa shape index (κ1) is 89.5. The lowest BCUT2D eigenvalue weighted by Gasteiger charge is -2.31. The second kappa shape index (κ2) is 42.9. The molecule has 115 heavy (non-hydrogen) atoms. The fourth-order valence-electron chi connectivity index (χ4n) is 14.1. The van der Waals surface area contributed by atoms with Crippen molar-refractivity contribution < 1.29 is 77.3 Å². The highest BCUT2D eigenvalue weighted by Gasteiger charge is 2.43. The number of carboxylic acids is 1. The maximum absolute atomic E-state index is 15.0. The number of aromatic hydroxyl groups is 1. The van der Waals surface area contributed by atoms with Gasteiger partial charge in [0.15, 0.2) is 0 Å². The number of imidazole rings is 1. The maximum atomic E-state index is 15.0. The highest BCUT2D eigenvalue weighted by Crippen LogP contribution is 2.25. The molecule has 2 aliphatic heterocycles. The second-order valence-corrected chi connectivity index (χ2v) is 30.9. The van der Waals surface area contributed by atoms with Gasteiger partial charge in [-0.3, -0.25) is 62.3 Å². The number of phenols is 1. The van der Waals surface area contributed by atoms with Crippen molar-refractivity contribution in [1.29, 1.82) is 0 Å². The Morgan fingerprint density at radius 3 is 1.45 bits per heavy atom. The lowest BCUT2D eigenvalue weighted by molar-refractivity contribution is -0.143. The lowest BCUT2D eigenvalue weighted by atomic mass is 9.99. The molecule has 13 atom stereocenters. The molecule has 2 saturated heterocycles. The van der Waals surface area contributed by atoms with Gasteiger partial charge >= 0.3 is 5.97 Å². The number of phenolic OH excluding ortho intramolecular Hbond substituents is 1. The van der Waals surface area contributed by atoms with Gasteiger partial charge in [0.1, 0.15) is 78.3 Å². The molecule has 13 amide bonds. The summed E-state index contributed by atoms with van der Waals surface area (Å²) >= 11 is 8.76. The number of hydrogen-bond donors (Lipinski definition) is 19. The van der Waals surface area contributed by atoms with E-state index in [0.29, 0.717) is 42.5 Å². The normalized spacial score (nSPS) is 17.0. The monoisotopic (exact) mass is 1630 g/mol. The molecule has 2 aliphatic rings. The third-order valence-corrected chi connectivity index (χ3v) is 21.0. The largest absolute Gasteiger partial charge is 0.508 e. The van der Waals surface area contributed by atoms with E-state index >= 15 is 4.79 Å². The molecule has 5 heterocycles. The summed E-state index contributed by atoms with van der Waals surface area (Å²) < 4.78 is 0. The molecule has 0 bridgehead atoms. The first-order chi connectivity index (χ1) is 54.9. The van der Waals surface area contributed by atoms with E-state index in [1.165, 1.54) is 53.5 Å². The number of carbonyl (C=O) groups is 14. The molecule has 0 radical (unpaired) electrons. The van der Waals surface area contributed by atoms with E-state index in [1.54, 1.807) is 46.2 Å². The molecule has 0 saturated carbocycles. The van der Waals surface area contributed by atoms with Gasteiger partial charge in [0.05, 0.1) is 12.4 Å². The van der Waals surface area contributed by atoms with E-state index in [9.17, 15) is 72.5 Å². The smallest absolute Gasteiger partial charge is 0.326 e. The number of unbranched alkanes of at least 4 members (excludes halogenated alkanes) is 1. The van der Waals surface area contributed by atoms with Crippen molar-refractivity contribution in [3.63, 3.8) is 0 Å². The predicted molar refractivity (Wildman–Crippen MR) is 433 cm³/mol. The summed E-state index contributed by atoms with van der Waals surface area (Å²) in [4.78, 5) is 213. The van der Waals surface area contributed by atoms with Gasteiger partial charge in [-0.15, -0.1) is 0 Å². The van der Waals surface area contributed by atoms with E-state index in [4.69, 9.17) is 11.5 Å². The molecule has 0 unspecified atom stereocenters. The zero-order chi connectivity index (χ0) is 83.7. The lowest BCUT2D eigenvalue weighted by Crippen LogP contribution is -2.61. The molecule has 0 aliphatic carbocycles. The van der Waals surface area contributed by atoms with Crippen LogP contribution in [0.3, 0.4) is 0 Å². The van der Waals surface area contributed by atoms with Crippen LogP contribution in [0, 0.1) is 11.8 Å². The van der Waals surface area contributed by atoms with Gasteiger partial charge in [-0.1, -0.05) is 96.0 Å². The number of nitrogens with one attached hydrogen (secondary N) is 13. The van der Waals surface area contributed by atoms with Gasteiger partial charge in [0, 0.05) is 96.4 Å². The van der Waals surface area contributed by atoms with Crippen LogP contribution in [0.4, 0.5) is 0 Å². The van der Waals surface area contributed by atoms with Crippen LogP contribution < -0.4 is 64.6 Å². The third-order valence-electron chi connectivity index (χ3n) is 20.3. The topological polar surface area (TPSA) is 519 Å². The Morgan fingerprint density at radius 1 is 0.513 bits per heavy atom. The van der Waals surface area contributed by atoms with Crippen molar-refractivity contribution in [1.82, 2.24) is 82.9 Å². The van der Waals surface area contributed by atoms with Gasteiger partial charge in [-0.2, -0.15) is 25.3 Å². The number of benzene rings is 3. The van der Waals surface area contributed by atoms with Crippen molar-refractivity contribution >= 4 is 130 Å². The number of nitrogens with zero attached hydrogens (tertiary/aromatic N) is 3. The number of nitrogens with two attached hydrogens (primary N) is 2. The number of rotatable bonds is 43. The number of likely N-dealkylation sites (tertiary alicyclic amines) is 2. The number of carboxylic acid groups (broad SMARTS) is 1. The Labute approximate surface area is 676 Å². The fraction of sp³-hybridized carbons (Fsp3) is 0.506. The summed E-state index contributed by atoms with van der Waals surface area (Å²) in [5, 5.41) is 48.2. The minimum absolute atomic E-state index is 0.0160. The molecule has 622 valence electrons. The van der Waals surface area contributed by atoms with Crippen LogP contribution in [0.1, 0.15) is 135 Å². The quantitative estimate of drug-likeness (QED) is 0.0238. The Bertz CT molecular complexity index is 4400. The Hall–Kier alpha value is -11.0. The highest BCUT2D eigenvalue weighted by atomic mass is 32.1. The van der Waals surface area contributed by atoms with Crippen LogP contribution in [0.15, 0.2) is 97.7 Å². The minimum atomic E-state index is -1.56. The highest BCUT2D eigenvalue weighted by molar-refractivity contribution is 7.80. The Balaban J connectivity index is 0.896. The van der Waals surface area contributed by atoms with E-state index in [-0.39, 0.29) is 106 Å². The Kier molecular flexibility index (Phi) is 33.4. The summed E-state index contributed by atoms with van der Waals surface area (Å²) in [6, 6.07) is 3.62. The van der Waals surface area contributed by atoms with Crippen LogP contribution in [-0.2, 0) is 92.8 Å². The number of aromatic nitrogens is 4. The number of hydrogen-bond acceptors (Lipinski definition) is 19. The molecule has 6 aromatic rings. The molecule has 8 rings (SSSR count). The van der Waals surface area contributed by atoms with Crippen LogP contribution in [-0.4, -0.2) is 226 Å². The molecule has 34 nitrogen and oxygen atoms in total. The minimum Gasteiger partial charge on any atom is -0.508 e. The van der Waals surface area contributed by atoms with Crippen LogP contribution in [0.2, 0.25) is 0 Å². The molecule has 0 spiro atoms. The second-order valence-electron chi connectivity index (χ2n) is 30.2. The molecular weight excluding hydrogens is 1520 g/mol. The predicted octanol–water partition coefficient (Wildman–Crippen LogP) is 1.02. The van der Waals surface area contributed by atoms with Crippen molar-refractivity contribution in [2.45, 2.75) is 216 Å². The molecule has 3 aromatic carbocycles. The molecular formula is C79H108N18O16S2. The number of thiol groups is 2. The summed E-state index contributed by atoms with van der Waals surface area (Å²) in [5.74, 6) is -12.6. The van der Waals surface area contributed by atoms with Crippen LogP contribution in [0.5, 0.6) is 5.75 Å². The van der Waals surface area contributed by atoms with Gasteiger partial charge in [0.25, 0.3) is 0 Å². The number of amides is 13. The van der Waals surface area contributed by atoms with E-state index in [1.807, 2.05) is 49.4 Å². The molecule has 19 N–H and O–H groups in total. The van der Waals surface area contributed by atoms with Gasteiger partial charge in [0.2, 0.25) is 76.8 Å². The fourth-order valence-corrected chi connectivity index (χ4v) is 14.6. The number of carbonyl (C=O) groups excluding carboxylic acids is 13. The first-order valence-corrected chi connectivity index (χ1v) is 40.1. The summed E-state index contributed by atoms with van der Waals surface area (Å²) in [7, 11) is 0. The van der Waals surface area contributed by atoms with Gasteiger partial charge in [-0.05, 0) is 118 Å². The van der Waals surface area contributed by atoms with Gasteiger partial charge in [-0.25, -0.2) is 9.78 Å². The third kappa shape index (κ3) is 25.5. The average Bonchev–Trinajstić information content (AvgIpc) is 1.73. The molecule has 36 heteroatoms. The summed E-state index contributed by atoms with van der Waals surface area (Å²) in [5.41, 5.74) is 16.1. The van der Waals surface area contributed by atoms with E-state index in [0.717, 1.165) is 27.4 Å². The van der Waals surface area contributed by atoms with Crippen LogP contribution >= 0.6 is 25.3 Å². The summed E-state index contributed by atoms with van der Waals surface area (Å²) in [6.07, 6.45) is 7.60. The zero-order valence-corrected chi connectivity index (χ0v) is 67.1. The van der Waals surface area contributed by atoms with Crippen molar-refractivity contribution in [2.24, 2.45) is 23.3 Å². The summed E-state index contributed by atoms with van der Waals surface area (Å²) in [6.45, 7) is 10.5. The molecule has 2 fully saturated rings.